The number of unbranched alkanes of at least 4 members (excludes halogenated alkanes) is 1. The average Bonchev–Trinajstić information content (AvgIpc) is 3.36. The number of aliphatic hydroxyl groups excluding tert-OH is 1. The standard InChI is InChI=1S/C23H26BrClN2O5S/c1-2-9-26(14-7-5-13(25)6-8-14)21(30)19-23-12-15(24)18(33-23)16(22(31)32)17(23)20(29)27(19)10-3-4-11-28/h2,5-8,15-19,28H,1,3-4,9-12H2,(H,31,32)/t15?,16-,17+,18-,19?,23?/m1/s1. The molecule has 0 aliphatic carbocycles. The van der Waals surface area contributed by atoms with Gasteiger partial charge in [-0.15, -0.1) is 18.3 Å². The molecule has 6 atom stereocenters. The molecule has 1 aromatic rings. The summed E-state index contributed by atoms with van der Waals surface area (Å²) in [6.07, 6.45) is 3.19. The molecule has 4 rings (SSSR count). The van der Waals surface area contributed by atoms with E-state index in [0.29, 0.717) is 36.5 Å². The summed E-state index contributed by atoms with van der Waals surface area (Å²) in [5.74, 6) is -3.13. The minimum absolute atomic E-state index is 0.0133. The van der Waals surface area contributed by atoms with E-state index in [4.69, 9.17) is 11.6 Å². The van der Waals surface area contributed by atoms with E-state index in [1.165, 1.54) is 11.8 Å². The molecule has 3 fully saturated rings. The molecule has 3 heterocycles. The van der Waals surface area contributed by atoms with Crippen LogP contribution in [0.25, 0.3) is 0 Å². The summed E-state index contributed by atoms with van der Waals surface area (Å²) in [6.45, 7) is 4.31. The quantitative estimate of drug-likeness (QED) is 0.275. The van der Waals surface area contributed by atoms with Crippen LogP contribution < -0.4 is 4.90 Å². The van der Waals surface area contributed by atoms with Crippen molar-refractivity contribution in [2.45, 2.75) is 40.1 Å². The molecular weight excluding hydrogens is 532 g/mol. The lowest BCUT2D eigenvalue weighted by Gasteiger charge is -2.37. The first-order chi connectivity index (χ1) is 15.8. The van der Waals surface area contributed by atoms with Crippen LogP contribution in [0.5, 0.6) is 0 Å². The molecule has 1 spiro atoms. The molecule has 2 N–H and O–H groups in total. The van der Waals surface area contributed by atoms with Gasteiger partial charge in [-0.05, 0) is 43.5 Å². The first kappa shape index (κ1) is 24.6. The predicted octanol–water partition coefficient (Wildman–Crippen LogP) is 3.18. The summed E-state index contributed by atoms with van der Waals surface area (Å²) in [7, 11) is 0. The molecule has 3 aliphatic heterocycles. The SMILES string of the molecule is C=CCN(C(=O)C1N(CCCCO)C(=O)[C@@H]2[C@@H](C(=O)O)[C@@H]3SC12CC3Br)c1ccc(Cl)cc1. The molecule has 1 aromatic carbocycles. The van der Waals surface area contributed by atoms with Crippen LogP contribution in [0.1, 0.15) is 19.3 Å². The van der Waals surface area contributed by atoms with Crippen LogP contribution in [0.2, 0.25) is 5.02 Å². The lowest BCUT2D eigenvalue weighted by molar-refractivity contribution is -0.148. The van der Waals surface area contributed by atoms with Crippen LogP contribution >= 0.6 is 39.3 Å². The van der Waals surface area contributed by atoms with Gasteiger partial charge in [0.25, 0.3) is 5.91 Å². The van der Waals surface area contributed by atoms with Crippen LogP contribution in [0.4, 0.5) is 5.69 Å². The zero-order valence-corrected chi connectivity index (χ0v) is 21.1. The second kappa shape index (κ2) is 9.60. The van der Waals surface area contributed by atoms with E-state index in [-0.39, 0.29) is 35.0 Å². The number of likely N-dealkylation sites (tertiary alicyclic amines) is 1. The van der Waals surface area contributed by atoms with Gasteiger partial charge < -0.3 is 20.0 Å². The number of thioether (sulfide) groups is 1. The van der Waals surface area contributed by atoms with E-state index < -0.39 is 28.6 Å². The summed E-state index contributed by atoms with van der Waals surface area (Å²) in [4.78, 5) is 43.0. The molecule has 3 saturated heterocycles. The Bertz CT molecular complexity index is 963. The van der Waals surface area contributed by atoms with Crippen LogP contribution in [0, 0.1) is 11.8 Å². The number of carboxylic acid groups (broad SMARTS) is 1. The Morgan fingerprint density at radius 2 is 2.03 bits per heavy atom. The van der Waals surface area contributed by atoms with Crippen molar-refractivity contribution in [3.63, 3.8) is 0 Å². The maximum Gasteiger partial charge on any atom is 0.308 e. The second-order valence-corrected chi connectivity index (χ2v) is 11.8. The van der Waals surface area contributed by atoms with Gasteiger partial charge >= 0.3 is 5.97 Å². The van der Waals surface area contributed by atoms with Crippen LogP contribution in [0.15, 0.2) is 36.9 Å². The van der Waals surface area contributed by atoms with E-state index in [1.54, 1.807) is 40.1 Å². The van der Waals surface area contributed by atoms with Gasteiger partial charge in [-0.1, -0.05) is 33.6 Å². The minimum atomic E-state index is -0.999. The largest absolute Gasteiger partial charge is 0.481 e. The number of hydrogen-bond acceptors (Lipinski definition) is 5. The van der Waals surface area contributed by atoms with Gasteiger partial charge in [0.1, 0.15) is 6.04 Å². The zero-order chi connectivity index (χ0) is 23.9. The molecule has 7 nitrogen and oxygen atoms in total. The molecule has 3 aliphatic rings. The normalized spacial score (nSPS) is 32.2. The number of aliphatic hydroxyl groups is 1. The van der Waals surface area contributed by atoms with Gasteiger partial charge in [-0.3, -0.25) is 14.4 Å². The van der Waals surface area contributed by atoms with Gasteiger partial charge in [0.05, 0.1) is 16.6 Å². The van der Waals surface area contributed by atoms with E-state index >= 15 is 0 Å². The molecular formula is C23H26BrClN2O5S. The molecule has 10 heteroatoms. The monoisotopic (exact) mass is 556 g/mol. The van der Waals surface area contributed by atoms with Crippen molar-refractivity contribution in [1.82, 2.24) is 4.90 Å². The fourth-order valence-electron chi connectivity index (χ4n) is 5.55. The Kier molecular flexibility index (Phi) is 7.15. The van der Waals surface area contributed by atoms with Crippen molar-refractivity contribution in [1.29, 1.82) is 0 Å². The fourth-order valence-corrected chi connectivity index (χ4v) is 9.27. The number of carbonyl (C=O) groups excluding carboxylic acids is 2. The van der Waals surface area contributed by atoms with Crippen LogP contribution in [-0.4, -0.2) is 73.5 Å². The summed E-state index contributed by atoms with van der Waals surface area (Å²) in [6, 6.07) is 6.09. The van der Waals surface area contributed by atoms with Gasteiger partial charge in [-0.2, -0.15) is 0 Å². The number of carboxylic acids is 1. The highest BCUT2D eigenvalue weighted by atomic mass is 79.9. The number of halogens is 2. The number of carbonyl (C=O) groups is 3. The Morgan fingerprint density at radius 3 is 2.64 bits per heavy atom. The highest BCUT2D eigenvalue weighted by Crippen LogP contribution is 2.67. The lowest BCUT2D eigenvalue weighted by Crippen LogP contribution is -2.55. The Morgan fingerprint density at radius 1 is 1.33 bits per heavy atom. The first-order valence-corrected chi connectivity index (χ1v) is 13.1. The van der Waals surface area contributed by atoms with Gasteiger partial charge in [-0.25, -0.2) is 0 Å². The third kappa shape index (κ3) is 4.00. The number of anilines is 1. The molecule has 0 radical (unpaired) electrons. The van der Waals surface area contributed by atoms with Crippen molar-refractivity contribution in [3.8, 4) is 0 Å². The molecule has 2 amide bonds. The van der Waals surface area contributed by atoms with Crippen molar-refractivity contribution in [2.24, 2.45) is 11.8 Å². The topological polar surface area (TPSA) is 98.2 Å². The number of fused-ring (bicyclic) bond motifs is 1. The Hall–Kier alpha value is -1.55. The zero-order valence-electron chi connectivity index (χ0n) is 17.9. The number of benzene rings is 1. The van der Waals surface area contributed by atoms with Gasteiger partial charge in [0.2, 0.25) is 5.91 Å². The van der Waals surface area contributed by atoms with Crippen molar-refractivity contribution in [2.75, 3.05) is 24.6 Å². The molecule has 178 valence electrons. The van der Waals surface area contributed by atoms with Crippen molar-refractivity contribution in [3.05, 3.63) is 41.9 Å². The summed E-state index contributed by atoms with van der Waals surface area (Å²) in [5, 5.41) is 19.5. The number of nitrogens with zero attached hydrogens (tertiary/aromatic N) is 2. The Labute approximate surface area is 210 Å². The number of amides is 2. The minimum Gasteiger partial charge on any atom is -0.481 e. The third-order valence-corrected chi connectivity index (χ3v) is 10.3. The number of rotatable bonds is 9. The molecule has 3 unspecified atom stereocenters. The predicted molar refractivity (Wildman–Crippen MR) is 132 cm³/mol. The highest BCUT2D eigenvalue weighted by molar-refractivity contribution is 9.09. The van der Waals surface area contributed by atoms with Crippen LogP contribution in [-0.2, 0) is 14.4 Å². The molecule has 2 bridgehead atoms. The fraction of sp³-hybridized carbons (Fsp3) is 0.522. The molecule has 33 heavy (non-hydrogen) atoms. The third-order valence-electron chi connectivity index (χ3n) is 6.83. The first-order valence-electron chi connectivity index (χ1n) is 10.9. The Balaban J connectivity index is 1.77. The van der Waals surface area contributed by atoms with Gasteiger partial charge in [0, 0.05) is 40.5 Å². The van der Waals surface area contributed by atoms with E-state index in [9.17, 15) is 24.6 Å². The van der Waals surface area contributed by atoms with E-state index in [2.05, 4.69) is 22.5 Å². The van der Waals surface area contributed by atoms with E-state index in [1.807, 2.05) is 0 Å². The van der Waals surface area contributed by atoms with Gasteiger partial charge in [0.15, 0.2) is 0 Å². The smallest absolute Gasteiger partial charge is 0.308 e. The van der Waals surface area contributed by atoms with Crippen LogP contribution in [0.3, 0.4) is 0 Å². The number of alkyl halides is 1. The summed E-state index contributed by atoms with van der Waals surface area (Å²) >= 11 is 11.1. The maximum absolute atomic E-state index is 14.1. The van der Waals surface area contributed by atoms with E-state index in [0.717, 1.165) is 0 Å². The summed E-state index contributed by atoms with van der Waals surface area (Å²) < 4.78 is -0.818. The number of hydrogen-bond donors (Lipinski definition) is 2. The summed E-state index contributed by atoms with van der Waals surface area (Å²) in [5.41, 5.74) is 0.634. The lowest BCUT2D eigenvalue weighted by atomic mass is 9.71. The molecule has 0 aromatic heterocycles. The maximum atomic E-state index is 14.1. The number of aliphatic carboxylic acids is 1. The highest BCUT2D eigenvalue weighted by Gasteiger charge is 2.76. The average molecular weight is 558 g/mol. The van der Waals surface area contributed by atoms with Crippen molar-refractivity contribution < 1.29 is 24.6 Å². The molecule has 0 saturated carbocycles. The van der Waals surface area contributed by atoms with Crippen molar-refractivity contribution >= 4 is 62.8 Å². The second-order valence-electron chi connectivity index (χ2n) is 8.68.